The monoisotopic (exact) mass is 281 g/mol. The number of carboxylic acids is 1. The van der Waals surface area contributed by atoms with E-state index in [0.29, 0.717) is 5.69 Å². The van der Waals surface area contributed by atoms with Gasteiger partial charge in [0.1, 0.15) is 0 Å². The lowest BCUT2D eigenvalue weighted by Crippen LogP contribution is -2.06. The molecule has 21 heavy (non-hydrogen) atoms. The normalized spacial score (nSPS) is 9.95. The van der Waals surface area contributed by atoms with Crippen LogP contribution >= 0.6 is 0 Å². The van der Waals surface area contributed by atoms with E-state index in [1.54, 1.807) is 30.3 Å². The van der Waals surface area contributed by atoms with Gasteiger partial charge in [0.15, 0.2) is 0 Å². The maximum atomic E-state index is 11.2. The molecule has 0 aliphatic carbocycles. The number of rotatable bonds is 4. The average molecular weight is 281 g/mol. The summed E-state index contributed by atoms with van der Waals surface area (Å²) in [7, 11) is 0. The van der Waals surface area contributed by atoms with E-state index in [2.05, 4.69) is 11.9 Å². The van der Waals surface area contributed by atoms with Crippen molar-refractivity contribution >= 4 is 17.6 Å². The summed E-state index contributed by atoms with van der Waals surface area (Å²) in [4.78, 5) is 22.3. The minimum Gasteiger partial charge on any atom is -0.478 e. The first-order valence-corrected chi connectivity index (χ1v) is 6.39. The van der Waals surface area contributed by atoms with E-state index in [1.165, 1.54) is 6.08 Å². The van der Waals surface area contributed by atoms with Crippen molar-refractivity contribution in [2.75, 3.05) is 5.32 Å². The molecule has 4 heteroatoms. The Labute approximate surface area is 122 Å². The summed E-state index contributed by atoms with van der Waals surface area (Å²) in [5.41, 5.74) is 3.65. The molecule has 1 amide bonds. The van der Waals surface area contributed by atoms with Crippen LogP contribution in [0.15, 0.2) is 55.1 Å². The van der Waals surface area contributed by atoms with Crippen LogP contribution in [-0.2, 0) is 4.79 Å². The van der Waals surface area contributed by atoms with E-state index in [9.17, 15) is 9.59 Å². The first kappa shape index (κ1) is 14.5. The number of benzene rings is 2. The molecule has 0 aliphatic rings. The molecule has 106 valence electrons. The molecule has 4 nitrogen and oxygen atoms in total. The summed E-state index contributed by atoms with van der Waals surface area (Å²) >= 11 is 0. The van der Waals surface area contributed by atoms with Gasteiger partial charge in [0, 0.05) is 5.69 Å². The van der Waals surface area contributed by atoms with E-state index < -0.39 is 5.97 Å². The minimum atomic E-state index is -0.953. The van der Waals surface area contributed by atoms with Gasteiger partial charge in [-0.25, -0.2) is 4.79 Å². The second kappa shape index (κ2) is 6.05. The SMILES string of the molecule is C=CC(=O)Nc1ccc(-c2cc(C(=O)O)ccc2C)cc1. The third kappa shape index (κ3) is 3.36. The number of carboxylic acid groups (broad SMARTS) is 1. The van der Waals surface area contributed by atoms with Gasteiger partial charge in [-0.15, -0.1) is 0 Å². The Balaban J connectivity index is 2.34. The Morgan fingerprint density at radius 3 is 2.38 bits per heavy atom. The topological polar surface area (TPSA) is 66.4 Å². The van der Waals surface area contributed by atoms with Crippen molar-refractivity contribution in [2.24, 2.45) is 0 Å². The molecule has 2 aromatic rings. The third-order valence-electron chi connectivity index (χ3n) is 3.13. The number of hydrogen-bond donors (Lipinski definition) is 2. The first-order valence-electron chi connectivity index (χ1n) is 6.39. The van der Waals surface area contributed by atoms with E-state index >= 15 is 0 Å². The van der Waals surface area contributed by atoms with Crippen LogP contribution < -0.4 is 5.32 Å². The fourth-order valence-electron chi connectivity index (χ4n) is 1.99. The maximum absolute atomic E-state index is 11.2. The molecular formula is C17H15NO3. The van der Waals surface area contributed by atoms with Crippen molar-refractivity contribution < 1.29 is 14.7 Å². The summed E-state index contributed by atoms with van der Waals surface area (Å²) in [6.45, 7) is 5.32. The highest BCUT2D eigenvalue weighted by Gasteiger charge is 2.08. The van der Waals surface area contributed by atoms with E-state index in [0.717, 1.165) is 16.7 Å². The lowest BCUT2D eigenvalue weighted by Gasteiger charge is -2.09. The number of amides is 1. The number of carbonyl (C=O) groups is 2. The fourth-order valence-corrected chi connectivity index (χ4v) is 1.99. The van der Waals surface area contributed by atoms with E-state index in [4.69, 9.17) is 5.11 Å². The minimum absolute atomic E-state index is 0.250. The van der Waals surface area contributed by atoms with Gasteiger partial charge >= 0.3 is 5.97 Å². The summed E-state index contributed by atoms with van der Waals surface area (Å²) in [6, 6.07) is 12.2. The number of carbonyl (C=O) groups excluding carboxylic acids is 1. The van der Waals surface area contributed by atoms with Crippen molar-refractivity contribution in [3.63, 3.8) is 0 Å². The molecule has 0 spiro atoms. The van der Waals surface area contributed by atoms with Gasteiger partial charge in [-0.05, 0) is 54.0 Å². The number of hydrogen-bond acceptors (Lipinski definition) is 2. The quantitative estimate of drug-likeness (QED) is 0.843. The zero-order chi connectivity index (χ0) is 15.4. The number of anilines is 1. The van der Waals surface area contributed by atoms with Gasteiger partial charge in [0.05, 0.1) is 5.56 Å². The lowest BCUT2D eigenvalue weighted by molar-refractivity contribution is -0.111. The first-order chi connectivity index (χ1) is 10.0. The van der Waals surface area contributed by atoms with Gasteiger partial charge in [0.2, 0.25) is 5.91 Å². The van der Waals surface area contributed by atoms with E-state index in [1.807, 2.05) is 19.1 Å². The van der Waals surface area contributed by atoms with Crippen LogP contribution in [0, 0.1) is 6.92 Å². The molecule has 0 unspecified atom stereocenters. The molecule has 0 aliphatic heterocycles. The van der Waals surface area contributed by atoms with Crippen LogP contribution in [0.25, 0.3) is 11.1 Å². The Bertz CT molecular complexity index is 702. The predicted octanol–water partition coefficient (Wildman–Crippen LogP) is 3.48. The number of nitrogens with one attached hydrogen (secondary N) is 1. The van der Waals surface area contributed by atoms with Gasteiger partial charge in [-0.1, -0.05) is 24.8 Å². The highest BCUT2D eigenvalue weighted by molar-refractivity contribution is 5.99. The van der Waals surface area contributed by atoms with Crippen LogP contribution in [-0.4, -0.2) is 17.0 Å². The van der Waals surface area contributed by atoms with Gasteiger partial charge in [-0.3, -0.25) is 4.79 Å². The molecular weight excluding hydrogens is 266 g/mol. The van der Waals surface area contributed by atoms with Crippen LogP contribution in [0.4, 0.5) is 5.69 Å². The molecule has 0 bridgehead atoms. The summed E-state index contributed by atoms with van der Waals surface area (Å²) in [5, 5.41) is 11.7. The molecule has 0 heterocycles. The highest BCUT2D eigenvalue weighted by atomic mass is 16.4. The average Bonchev–Trinajstić information content (AvgIpc) is 2.48. The van der Waals surface area contributed by atoms with Crippen molar-refractivity contribution in [3.8, 4) is 11.1 Å². The predicted molar refractivity (Wildman–Crippen MR) is 82.4 cm³/mol. The Kier molecular flexibility index (Phi) is 4.18. The van der Waals surface area contributed by atoms with Crippen LogP contribution in [0.5, 0.6) is 0 Å². The second-order valence-electron chi connectivity index (χ2n) is 4.61. The molecule has 2 N–H and O–H groups in total. The number of aryl methyl sites for hydroxylation is 1. The molecule has 2 rings (SSSR count). The smallest absolute Gasteiger partial charge is 0.335 e. The Morgan fingerprint density at radius 1 is 1.14 bits per heavy atom. The molecule has 0 saturated carbocycles. The largest absolute Gasteiger partial charge is 0.478 e. The summed E-state index contributed by atoms with van der Waals surface area (Å²) in [6.07, 6.45) is 1.20. The number of aromatic carboxylic acids is 1. The van der Waals surface area contributed by atoms with Crippen molar-refractivity contribution in [2.45, 2.75) is 6.92 Å². The van der Waals surface area contributed by atoms with Crippen molar-refractivity contribution in [1.82, 2.24) is 0 Å². The fraction of sp³-hybridized carbons (Fsp3) is 0.0588. The maximum Gasteiger partial charge on any atom is 0.335 e. The summed E-state index contributed by atoms with van der Waals surface area (Å²) < 4.78 is 0. The molecule has 0 radical (unpaired) electrons. The van der Waals surface area contributed by atoms with Gasteiger partial charge in [0.25, 0.3) is 0 Å². The zero-order valence-electron chi connectivity index (χ0n) is 11.6. The van der Waals surface area contributed by atoms with E-state index in [-0.39, 0.29) is 11.5 Å². The van der Waals surface area contributed by atoms with Crippen molar-refractivity contribution in [1.29, 1.82) is 0 Å². The molecule has 0 aromatic heterocycles. The van der Waals surface area contributed by atoms with Gasteiger partial charge in [-0.2, -0.15) is 0 Å². The molecule has 0 fully saturated rings. The van der Waals surface area contributed by atoms with Crippen LogP contribution in [0.2, 0.25) is 0 Å². The van der Waals surface area contributed by atoms with Crippen molar-refractivity contribution in [3.05, 3.63) is 66.2 Å². The molecule has 0 saturated heterocycles. The standard InChI is InChI=1S/C17H15NO3/c1-3-16(19)18-14-8-6-12(7-9-14)15-10-13(17(20)21)5-4-11(15)2/h3-10H,1H2,2H3,(H,18,19)(H,20,21). The Morgan fingerprint density at radius 2 is 1.81 bits per heavy atom. The lowest BCUT2D eigenvalue weighted by atomic mass is 9.98. The zero-order valence-corrected chi connectivity index (χ0v) is 11.6. The van der Waals surface area contributed by atoms with Gasteiger partial charge < -0.3 is 10.4 Å². The second-order valence-corrected chi connectivity index (χ2v) is 4.61. The van der Waals surface area contributed by atoms with Crippen LogP contribution in [0.3, 0.4) is 0 Å². The molecule has 0 atom stereocenters. The third-order valence-corrected chi connectivity index (χ3v) is 3.13. The highest BCUT2D eigenvalue weighted by Crippen LogP contribution is 2.26. The van der Waals surface area contributed by atoms with Crippen LogP contribution in [0.1, 0.15) is 15.9 Å². The molecule has 2 aromatic carbocycles. The summed E-state index contributed by atoms with van der Waals surface area (Å²) in [5.74, 6) is -1.22. The Hall–Kier alpha value is -2.88.